The number of carbonyl (C=O) groups is 1. The van der Waals surface area contributed by atoms with Crippen molar-refractivity contribution in [2.75, 3.05) is 34.9 Å². The summed E-state index contributed by atoms with van der Waals surface area (Å²) in [7, 11) is -6.28. The van der Waals surface area contributed by atoms with Gasteiger partial charge in [0.2, 0.25) is 5.91 Å². The Labute approximate surface area is 173 Å². The molecule has 1 amide bonds. The summed E-state index contributed by atoms with van der Waals surface area (Å²) in [6.45, 7) is 4.06. The molecule has 9 heteroatoms. The number of nitrogens with zero attached hydrogens (tertiary/aromatic N) is 1. The van der Waals surface area contributed by atoms with Gasteiger partial charge in [-0.1, -0.05) is 32.0 Å². The first kappa shape index (κ1) is 22.2. The molecule has 0 aromatic heterocycles. The molecule has 162 valence electrons. The van der Waals surface area contributed by atoms with Crippen LogP contribution in [0.2, 0.25) is 0 Å². The molecule has 7 nitrogen and oxygen atoms in total. The molecular formula is C20H30N2O5S2. The molecule has 0 saturated carbocycles. The van der Waals surface area contributed by atoms with Crippen molar-refractivity contribution in [1.82, 2.24) is 4.90 Å². The predicted molar refractivity (Wildman–Crippen MR) is 115 cm³/mol. The van der Waals surface area contributed by atoms with Gasteiger partial charge in [-0.15, -0.1) is 0 Å². The van der Waals surface area contributed by atoms with E-state index in [4.69, 9.17) is 0 Å². The fraction of sp³-hybridized carbons (Fsp3) is 0.650. The van der Waals surface area contributed by atoms with Crippen LogP contribution in [0.3, 0.4) is 0 Å². The van der Waals surface area contributed by atoms with Crippen LogP contribution in [-0.4, -0.2) is 69.3 Å². The molecular weight excluding hydrogens is 412 g/mol. The number of nitrogens with one attached hydrogen (secondary N) is 1. The Morgan fingerprint density at radius 3 is 1.83 bits per heavy atom. The predicted octanol–water partition coefficient (Wildman–Crippen LogP) is 1.43. The van der Waals surface area contributed by atoms with E-state index >= 15 is 0 Å². The second-order valence-corrected chi connectivity index (χ2v) is 12.5. The van der Waals surface area contributed by atoms with Gasteiger partial charge in [-0.05, 0) is 36.8 Å². The van der Waals surface area contributed by atoms with E-state index < -0.39 is 19.7 Å². The fourth-order valence-corrected chi connectivity index (χ4v) is 7.86. The molecule has 29 heavy (non-hydrogen) atoms. The van der Waals surface area contributed by atoms with E-state index in [1.54, 1.807) is 0 Å². The SMILES string of the molecule is CCc1cccc(CC)c1NC(=O)CN(C1CCS(=O)(=O)C1)C1CCS(=O)(=O)C1. The van der Waals surface area contributed by atoms with E-state index in [-0.39, 0.29) is 47.5 Å². The molecule has 0 radical (unpaired) electrons. The third-order valence-electron chi connectivity index (χ3n) is 5.94. The van der Waals surface area contributed by atoms with Gasteiger partial charge in [-0.2, -0.15) is 0 Å². The van der Waals surface area contributed by atoms with Crippen molar-refractivity contribution in [3.8, 4) is 0 Å². The summed E-state index contributed by atoms with van der Waals surface area (Å²) in [6, 6.07) is 5.33. The van der Waals surface area contributed by atoms with E-state index in [1.807, 2.05) is 36.9 Å². The number of anilines is 1. The lowest BCUT2D eigenvalue weighted by atomic mass is 10.0. The zero-order valence-electron chi connectivity index (χ0n) is 17.1. The molecule has 1 aromatic carbocycles. The highest BCUT2D eigenvalue weighted by atomic mass is 32.2. The van der Waals surface area contributed by atoms with Crippen LogP contribution >= 0.6 is 0 Å². The molecule has 1 N–H and O–H groups in total. The third kappa shape index (κ3) is 5.38. The summed E-state index contributed by atoms with van der Waals surface area (Å²) in [5.74, 6) is -0.0679. The zero-order chi connectivity index (χ0) is 21.2. The molecule has 0 spiro atoms. The highest BCUT2D eigenvalue weighted by Gasteiger charge is 2.40. The largest absolute Gasteiger partial charge is 0.324 e. The van der Waals surface area contributed by atoms with Crippen molar-refractivity contribution in [2.45, 2.75) is 51.6 Å². The summed E-state index contributed by atoms with van der Waals surface area (Å²) in [4.78, 5) is 14.8. The van der Waals surface area contributed by atoms with Gasteiger partial charge >= 0.3 is 0 Å². The standard InChI is InChI=1S/C20H30N2O5S2/c1-3-15-6-5-7-16(4-2)20(15)21-19(23)12-22(17-8-10-28(24,25)13-17)18-9-11-29(26,27)14-18/h5-7,17-18H,3-4,8-14H2,1-2H3,(H,21,23). The number of para-hydroxylation sites is 1. The maximum absolute atomic E-state index is 12.9. The number of amides is 1. The van der Waals surface area contributed by atoms with Crippen molar-refractivity contribution in [2.24, 2.45) is 0 Å². The molecule has 0 aliphatic carbocycles. The lowest BCUT2D eigenvalue weighted by molar-refractivity contribution is -0.118. The first-order valence-electron chi connectivity index (χ1n) is 10.2. The number of carbonyl (C=O) groups excluding carboxylic acids is 1. The third-order valence-corrected chi connectivity index (χ3v) is 9.44. The van der Waals surface area contributed by atoms with E-state index in [9.17, 15) is 21.6 Å². The van der Waals surface area contributed by atoms with Crippen molar-refractivity contribution in [3.63, 3.8) is 0 Å². The topological polar surface area (TPSA) is 101 Å². The Bertz CT molecular complexity index is 906. The van der Waals surface area contributed by atoms with Crippen LogP contribution in [-0.2, 0) is 37.3 Å². The monoisotopic (exact) mass is 442 g/mol. The van der Waals surface area contributed by atoms with E-state index in [0.717, 1.165) is 29.7 Å². The normalized spacial score (nSPS) is 25.3. The van der Waals surface area contributed by atoms with Gasteiger partial charge < -0.3 is 5.32 Å². The van der Waals surface area contributed by atoms with Crippen molar-refractivity contribution in [3.05, 3.63) is 29.3 Å². The molecule has 1 aromatic rings. The Morgan fingerprint density at radius 2 is 1.45 bits per heavy atom. The maximum atomic E-state index is 12.9. The number of hydrogen-bond acceptors (Lipinski definition) is 6. The molecule has 0 bridgehead atoms. The first-order chi connectivity index (χ1) is 13.6. The van der Waals surface area contributed by atoms with Crippen molar-refractivity contribution < 1.29 is 21.6 Å². The Morgan fingerprint density at radius 1 is 0.966 bits per heavy atom. The van der Waals surface area contributed by atoms with Crippen LogP contribution in [0.15, 0.2) is 18.2 Å². The average molecular weight is 443 g/mol. The second-order valence-electron chi connectivity index (χ2n) is 7.99. The molecule has 2 heterocycles. The van der Waals surface area contributed by atoms with Crippen LogP contribution in [0.1, 0.15) is 37.8 Å². The van der Waals surface area contributed by atoms with Gasteiger partial charge in [-0.3, -0.25) is 9.69 Å². The summed E-state index contributed by atoms with van der Waals surface area (Å²) in [5.41, 5.74) is 2.92. The number of benzene rings is 1. The quantitative estimate of drug-likeness (QED) is 0.686. The highest BCUT2D eigenvalue weighted by Crippen LogP contribution is 2.27. The molecule has 2 fully saturated rings. The van der Waals surface area contributed by atoms with Gasteiger partial charge in [0.05, 0.1) is 29.6 Å². The van der Waals surface area contributed by atoms with Gasteiger partial charge in [0, 0.05) is 17.8 Å². The second kappa shape index (κ2) is 8.73. The maximum Gasteiger partial charge on any atom is 0.238 e. The van der Waals surface area contributed by atoms with Crippen LogP contribution < -0.4 is 5.32 Å². The first-order valence-corrected chi connectivity index (χ1v) is 13.9. The van der Waals surface area contributed by atoms with Gasteiger partial charge in [0.1, 0.15) is 0 Å². The lowest BCUT2D eigenvalue weighted by Crippen LogP contribution is -2.48. The Balaban J connectivity index is 1.80. The molecule has 2 saturated heterocycles. The highest BCUT2D eigenvalue weighted by molar-refractivity contribution is 7.92. The molecule has 2 atom stereocenters. The summed E-state index contributed by atoms with van der Waals surface area (Å²) >= 11 is 0. The summed E-state index contributed by atoms with van der Waals surface area (Å²) in [5, 5.41) is 3.02. The average Bonchev–Trinajstić information content (AvgIpc) is 3.21. The van der Waals surface area contributed by atoms with Crippen LogP contribution in [0.25, 0.3) is 0 Å². The Kier molecular flexibility index (Phi) is 6.70. The van der Waals surface area contributed by atoms with Crippen LogP contribution in [0, 0.1) is 0 Å². The number of aryl methyl sites for hydroxylation is 2. The van der Waals surface area contributed by atoms with Crippen LogP contribution in [0.4, 0.5) is 5.69 Å². The number of rotatable bonds is 7. The lowest BCUT2D eigenvalue weighted by Gasteiger charge is -2.32. The van der Waals surface area contributed by atoms with Gasteiger partial charge in [0.15, 0.2) is 19.7 Å². The van der Waals surface area contributed by atoms with Gasteiger partial charge in [0.25, 0.3) is 0 Å². The number of sulfone groups is 2. The minimum absolute atomic E-state index is 0.00156. The summed E-state index contributed by atoms with van der Waals surface area (Å²) < 4.78 is 47.9. The Hall–Kier alpha value is -1.45. The minimum Gasteiger partial charge on any atom is -0.324 e. The van der Waals surface area contributed by atoms with E-state index in [2.05, 4.69) is 5.32 Å². The fourth-order valence-electron chi connectivity index (χ4n) is 4.38. The molecule has 2 aliphatic heterocycles. The molecule has 2 aliphatic rings. The zero-order valence-corrected chi connectivity index (χ0v) is 18.7. The van der Waals surface area contributed by atoms with E-state index in [0.29, 0.717) is 12.8 Å². The minimum atomic E-state index is -3.14. The van der Waals surface area contributed by atoms with Crippen molar-refractivity contribution >= 4 is 31.3 Å². The number of hydrogen-bond donors (Lipinski definition) is 1. The van der Waals surface area contributed by atoms with Gasteiger partial charge in [-0.25, -0.2) is 16.8 Å². The summed E-state index contributed by atoms with van der Waals surface area (Å²) in [6.07, 6.45) is 2.46. The van der Waals surface area contributed by atoms with E-state index in [1.165, 1.54) is 0 Å². The van der Waals surface area contributed by atoms with Crippen molar-refractivity contribution in [1.29, 1.82) is 0 Å². The molecule has 2 unspecified atom stereocenters. The van der Waals surface area contributed by atoms with Crippen LogP contribution in [0.5, 0.6) is 0 Å². The smallest absolute Gasteiger partial charge is 0.238 e. The molecule has 3 rings (SSSR count).